The Morgan fingerprint density at radius 3 is 2.74 bits per heavy atom. The molecule has 2 aromatic carbocycles. The lowest BCUT2D eigenvalue weighted by molar-refractivity contribution is -0.137. The van der Waals surface area contributed by atoms with Gasteiger partial charge in [0.1, 0.15) is 29.8 Å². The number of alkyl halides is 3. The second-order valence-corrected chi connectivity index (χ2v) is 7.92. The summed E-state index contributed by atoms with van der Waals surface area (Å²) < 4.78 is 46.0. The van der Waals surface area contributed by atoms with E-state index in [1.165, 1.54) is 30.6 Å². The average Bonchev–Trinajstić information content (AvgIpc) is 3.26. The van der Waals surface area contributed by atoms with Crippen molar-refractivity contribution in [2.75, 3.05) is 18.5 Å². The van der Waals surface area contributed by atoms with Crippen LogP contribution in [-0.4, -0.2) is 50.4 Å². The van der Waals surface area contributed by atoms with Crippen molar-refractivity contribution in [3.05, 3.63) is 71.0 Å². The third-order valence-electron chi connectivity index (χ3n) is 4.93. The fourth-order valence-electron chi connectivity index (χ4n) is 3.29. The van der Waals surface area contributed by atoms with E-state index < -0.39 is 30.4 Å². The molecule has 0 radical (unpaired) electrons. The van der Waals surface area contributed by atoms with Crippen LogP contribution in [0.25, 0.3) is 22.4 Å². The van der Waals surface area contributed by atoms with Crippen molar-refractivity contribution in [1.82, 2.24) is 15.0 Å². The molecule has 0 aliphatic carbocycles. The zero-order chi connectivity index (χ0) is 25.2. The zero-order valence-electron chi connectivity index (χ0n) is 17.8. The highest BCUT2D eigenvalue weighted by atomic mass is 35.5. The zero-order valence-corrected chi connectivity index (χ0v) is 18.6. The summed E-state index contributed by atoms with van der Waals surface area (Å²) in [5.41, 5.74) is -0.393. The second kappa shape index (κ2) is 9.90. The Balaban J connectivity index is 1.63. The Bertz CT molecular complexity index is 1380. The van der Waals surface area contributed by atoms with E-state index in [1.54, 1.807) is 18.2 Å². The monoisotopic (exact) mass is 506 g/mol. The van der Waals surface area contributed by atoms with Gasteiger partial charge in [-0.05, 0) is 30.3 Å². The van der Waals surface area contributed by atoms with Gasteiger partial charge in [-0.25, -0.2) is 4.98 Å². The second-order valence-electron chi connectivity index (χ2n) is 7.49. The van der Waals surface area contributed by atoms with E-state index in [2.05, 4.69) is 20.3 Å². The number of halogens is 4. The van der Waals surface area contributed by atoms with Crippen molar-refractivity contribution >= 4 is 34.2 Å². The van der Waals surface area contributed by atoms with Gasteiger partial charge in [0, 0.05) is 28.5 Å². The number of H-pyrrole nitrogens is 1. The van der Waals surface area contributed by atoms with Gasteiger partial charge in [0.05, 0.1) is 29.4 Å². The number of amides is 1. The van der Waals surface area contributed by atoms with E-state index in [0.29, 0.717) is 11.4 Å². The van der Waals surface area contributed by atoms with Crippen molar-refractivity contribution < 1.29 is 32.9 Å². The van der Waals surface area contributed by atoms with Crippen molar-refractivity contribution in [2.24, 2.45) is 0 Å². The van der Waals surface area contributed by atoms with E-state index in [0.717, 1.165) is 6.07 Å². The third-order valence-corrected chi connectivity index (χ3v) is 5.16. The fraction of sp³-hybridized carbons (Fsp3) is 0.174. The molecule has 0 saturated heterocycles. The molecular formula is C23H18ClF3N4O4. The van der Waals surface area contributed by atoms with E-state index in [-0.39, 0.29) is 39.6 Å². The maximum atomic E-state index is 13.6. The predicted octanol–water partition coefficient (Wildman–Crippen LogP) is 4.28. The first-order valence-electron chi connectivity index (χ1n) is 10.2. The molecule has 35 heavy (non-hydrogen) atoms. The van der Waals surface area contributed by atoms with Gasteiger partial charge in [0.25, 0.3) is 5.91 Å². The number of anilines is 1. The maximum absolute atomic E-state index is 13.6. The van der Waals surface area contributed by atoms with Gasteiger partial charge in [-0.2, -0.15) is 13.2 Å². The number of nitrogens with one attached hydrogen (secondary N) is 2. The molecule has 0 bridgehead atoms. The summed E-state index contributed by atoms with van der Waals surface area (Å²) in [7, 11) is 0. The number of aromatic nitrogens is 3. The standard InChI is InChI=1S/C23H18ClF3N4O4/c24-12-4-5-16(18(6-12)23(25,26)27)21-30-19-9-28-8-17(20(19)31-21)22(34)29-13-2-1-3-15(7-13)35-11-14(33)10-32/h1-9,14,32-33H,10-11H2,(H,29,34)(H,30,31)/t14-/m1/s1. The fourth-order valence-corrected chi connectivity index (χ4v) is 3.46. The van der Waals surface area contributed by atoms with E-state index in [1.807, 2.05) is 0 Å². The number of nitrogens with zero attached hydrogens (tertiary/aromatic N) is 2. The molecule has 2 aromatic heterocycles. The number of aliphatic hydroxyl groups excluding tert-OH is 2. The molecule has 0 fully saturated rings. The van der Waals surface area contributed by atoms with Gasteiger partial charge in [-0.1, -0.05) is 17.7 Å². The number of carbonyl (C=O) groups excluding carboxylic acids is 1. The molecule has 0 aliphatic rings. The number of pyridine rings is 1. The first-order chi connectivity index (χ1) is 16.7. The Kier molecular flexibility index (Phi) is 6.92. The van der Waals surface area contributed by atoms with Gasteiger partial charge in [0.2, 0.25) is 0 Å². The summed E-state index contributed by atoms with van der Waals surface area (Å²) in [5, 5.41) is 20.9. The number of benzene rings is 2. The molecule has 4 aromatic rings. The largest absolute Gasteiger partial charge is 0.491 e. The van der Waals surface area contributed by atoms with Crippen LogP contribution in [0.3, 0.4) is 0 Å². The minimum atomic E-state index is -4.67. The molecule has 8 nitrogen and oxygen atoms in total. The molecule has 0 aliphatic heterocycles. The van der Waals surface area contributed by atoms with Crippen LogP contribution in [-0.2, 0) is 6.18 Å². The van der Waals surface area contributed by atoms with Crippen LogP contribution in [0.2, 0.25) is 5.02 Å². The van der Waals surface area contributed by atoms with E-state index in [4.69, 9.17) is 21.4 Å². The summed E-state index contributed by atoms with van der Waals surface area (Å²) in [6.45, 7) is -0.600. The first-order valence-corrected chi connectivity index (χ1v) is 10.6. The normalized spacial score (nSPS) is 12.5. The maximum Gasteiger partial charge on any atom is 0.417 e. The van der Waals surface area contributed by atoms with Gasteiger partial charge < -0.3 is 25.3 Å². The highest BCUT2D eigenvalue weighted by Gasteiger charge is 2.35. The van der Waals surface area contributed by atoms with Crippen molar-refractivity contribution in [1.29, 1.82) is 0 Å². The molecular weight excluding hydrogens is 489 g/mol. The van der Waals surface area contributed by atoms with Crippen LogP contribution in [0.4, 0.5) is 18.9 Å². The highest BCUT2D eigenvalue weighted by molar-refractivity contribution is 6.30. The van der Waals surface area contributed by atoms with Crippen LogP contribution < -0.4 is 10.1 Å². The van der Waals surface area contributed by atoms with Crippen molar-refractivity contribution in [3.63, 3.8) is 0 Å². The molecule has 0 spiro atoms. The number of hydrogen-bond donors (Lipinski definition) is 4. The summed E-state index contributed by atoms with van der Waals surface area (Å²) in [6.07, 6.45) is -3.11. The number of hydrogen-bond acceptors (Lipinski definition) is 6. The number of carbonyl (C=O) groups is 1. The van der Waals surface area contributed by atoms with Gasteiger partial charge in [0.15, 0.2) is 0 Å². The number of aromatic amines is 1. The van der Waals surface area contributed by atoms with Gasteiger partial charge >= 0.3 is 6.18 Å². The Hall–Kier alpha value is -3.67. The number of aliphatic hydroxyl groups is 2. The minimum Gasteiger partial charge on any atom is -0.491 e. The SMILES string of the molecule is O=C(Nc1cccc(OC[C@H](O)CO)c1)c1cncc2[nH]c(-c3ccc(Cl)cc3C(F)(F)F)nc12. The first kappa shape index (κ1) is 24.5. The number of rotatable bonds is 7. The topological polar surface area (TPSA) is 120 Å². The molecule has 1 amide bonds. The molecule has 1 atom stereocenters. The lowest BCUT2D eigenvalue weighted by Crippen LogP contribution is -2.21. The Morgan fingerprint density at radius 2 is 2.00 bits per heavy atom. The van der Waals surface area contributed by atoms with Crippen LogP contribution in [0.15, 0.2) is 54.9 Å². The third kappa shape index (κ3) is 5.53. The average molecular weight is 507 g/mol. The lowest BCUT2D eigenvalue weighted by Gasteiger charge is -2.11. The quantitative estimate of drug-likeness (QED) is 0.297. The van der Waals surface area contributed by atoms with Crippen LogP contribution >= 0.6 is 11.6 Å². The van der Waals surface area contributed by atoms with Gasteiger partial charge in [-0.15, -0.1) is 0 Å². The molecule has 182 valence electrons. The lowest BCUT2D eigenvalue weighted by atomic mass is 10.1. The van der Waals surface area contributed by atoms with Crippen molar-refractivity contribution in [2.45, 2.75) is 12.3 Å². The van der Waals surface area contributed by atoms with E-state index in [9.17, 15) is 23.1 Å². The minimum absolute atomic E-state index is 0.0366. The molecule has 2 heterocycles. The molecule has 0 saturated carbocycles. The van der Waals surface area contributed by atoms with Crippen LogP contribution in [0.1, 0.15) is 15.9 Å². The Morgan fingerprint density at radius 1 is 1.20 bits per heavy atom. The van der Waals surface area contributed by atoms with Crippen LogP contribution in [0.5, 0.6) is 5.75 Å². The molecule has 0 unspecified atom stereocenters. The summed E-state index contributed by atoms with van der Waals surface area (Å²) in [4.78, 5) is 24.0. The number of ether oxygens (including phenoxy) is 1. The van der Waals surface area contributed by atoms with Crippen molar-refractivity contribution in [3.8, 4) is 17.1 Å². The molecule has 4 rings (SSSR count). The highest BCUT2D eigenvalue weighted by Crippen LogP contribution is 2.38. The summed E-state index contributed by atoms with van der Waals surface area (Å²) in [5.74, 6) is -0.346. The summed E-state index contributed by atoms with van der Waals surface area (Å²) in [6, 6.07) is 9.65. The molecule has 4 N–H and O–H groups in total. The predicted molar refractivity (Wildman–Crippen MR) is 122 cm³/mol. The number of imidazole rings is 1. The smallest absolute Gasteiger partial charge is 0.417 e. The van der Waals surface area contributed by atoms with Crippen LogP contribution in [0, 0.1) is 0 Å². The Labute approximate surface area is 201 Å². The summed E-state index contributed by atoms with van der Waals surface area (Å²) >= 11 is 5.76. The van der Waals surface area contributed by atoms with E-state index >= 15 is 0 Å². The number of fused-ring (bicyclic) bond motifs is 1. The molecule has 12 heteroatoms. The van der Waals surface area contributed by atoms with Gasteiger partial charge in [-0.3, -0.25) is 9.78 Å².